The van der Waals surface area contributed by atoms with Crippen molar-refractivity contribution in [3.05, 3.63) is 0 Å². The standard InChI is InChI=1S/C12H18N2O3/c1-2-4-10(13)11(15)14-9-6-3-5-8(7-9)12(16)17/h1,8-10H,3-7,13H2,(H,14,15)(H,16,17). The normalized spacial score (nSPS) is 25.6. The zero-order valence-corrected chi connectivity index (χ0v) is 9.69. The van der Waals surface area contributed by atoms with E-state index in [1.807, 2.05) is 0 Å². The van der Waals surface area contributed by atoms with E-state index in [0.29, 0.717) is 12.8 Å². The first-order valence-electron chi connectivity index (χ1n) is 5.76. The van der Waals surface area contributed by atoms with Crippen molar-refractivity contribution in [2.75, 3.05) is 0 Å². The summed E-state index contributed by atoms with van der Waals surface area (Å²) in [5.41, 5.74) is 5.57. The second-order valence-electron chi connectivity index (χ2n) is 4.42. The molecule has 94 valence electrons. The van der Waals surface area contributed by atoms with Crippen LogP contribution in [0.4, 0.5) is 0 Å². The van der Waals surface area contributed by atoms with E-state index in [1.165, 1.54) is 0 Å². The fraction of sp³-hybridized carbons (Fsp3) is 0.667. The molecule has 1 rings (SSSR count). The minimum absolute atomic E-state index is 0.0961. The molecule has 0 aromatic rings. The SMILES string of the molecule is C#CCC(N)C(=O)NC1CCCC(C(=O)O)C1. The molecule has 1 amide bonds. The van der Waals surface area contributed by atoms with Crippen LogP contribution in [-0.2, 0) is 9.59 Å². The lowest BCUT2D eigenvalue weighted by molar-refractivity contribution is -0.143. The van der Waals surface area contributed by atoms with Crippen LogP contribution in [0.15, 0.2) is 0 Å². The number of carboxylic acids is 1. The molecule has 0 aromatic carbocycles. The molecule has 0 saturated heterocycles. The van der Waals surface area contributed by atoms with Crippen LogP contribution in [0.3, 0.4) is 0 Å². The molecular formula is C12H18N2O3. The summed E-state index contributed by atoms with van der Waals surface area (Å²) in [5.74, 6) is 0.882. The number of carboxylic acid groups (broad SMARTS) is 1. The summed E-state index contributed by atoms with van der Waals surface area (Å²) in [6.07, 6.45) is 8.04. The maximum Gasteiger partial charge on any atom is 0.306 e. The van der Waals surface area contributed by atoms with Crippen molar-refractivity contribution < 1.29 is 14.7 Å². The van der Waals surface area contributed by atoms with Gasteiger partial charge in [-0.15, -0.1) is 12.3 Å². The van der Waals surface area contributed by atoms with Gasteiger partial charge in [0.15, 0.2) is 0 Å². The molecule has 5 heteroatoms. The summed E-state index contributed by atoms with van der Waals surface area (Å²) in [6.45, 7) is 0. The van der Waals surface area contributed by atoms with E-state index in [1.54, 1.807) is 0 Å². The van der Waals surface area contributed by atoms with Gasteiger partial charge in [-0.3, -0.25) is 9.59 Å². The van der Waals surface area contributed by atoms with Gasteiger partial charge >= 0.3 is 5.97 Å². The van der Waals surface area contributed by atoms with E-state index in [2.05, 4.69) is 11.2 Å². The van der Waals surface area contributed by atoms with Crippen molar-refractivity contribution in [1.29, 1.82) is 0 Å². The van der Waals surface area contributed by atoms with Crippen molar-refractivity contribution in [2.45, 2.75) is 44.2 Å². The second kappa shape index (κ2) is 6.26. The van der Waals surface area contributed by atoms with Gasteiger partial charge in [-0.05, 0) is 19.3 Å². The van der Waals surface area contributed by atoms with Crippen LogP contribution in [0, 0.1) is 18.3 Å². The van der Waals surface area contributed by atoms with Crippen molar-refractivity contribution in [3.63, 3.8) is 0 Å². The van der Waals surface area contributed by atoms with E-state index in [9.17, 15) is 9.59 Å². The molecular weight excluding hydrogens is 220 g/mol. The van der Waals surface area contributed by atoms with Gasteiger partial charge in [-0.2, -0.15) is 0 Å². The monoisotopic (exact) mass is 238 g/mol. The largest absolute Gasteiger partial charge is 0.481 e. The molecule has 0 aliphatic heterocycles. The number of hydrogen-bond donors (Lipinski definition) is 3. The van der Waals surface area contributed by atoms with Gasteiger partial charge in [-0.25, -0.2) is 0 Å². The maximum atomic E-state index is 11.6. The average molecular weight is 238 g/mol. The quantitative estimate of drug-likeness (QED) is 0.605. The highest BCUT2D eigenvalue weighted by Crippen LogP contribution is 2.24. The van der Waals surface area contributed by atoms with E-state index in [0.717, 1.165) is 12.8 Å². The van der Waals surface area contributed by atoms with E-state index in [4.69, 9.17) is 17.3 Å². The Morgan fingerprint density at radius 1 is 1.53 bits per heavy atom. The number of hydrogen-bond acceptors (Lipinski definition) is 3. The first-order valence-corrected chi connectivity index (χ1v) is 5.76. The van der Waals surface area contributed by atoms with E-state index < -0.39 is 12.0 Å². The maximum absolute atomic E-state index is 11.6. The topological polar surface area (TPSA) is 92.4 Å². The van der Waals surface area contributed by atoms with E-state index >= 15 is 0 Å². The number of nitrogens with two attached hydrogens (primary N) is 1. The highest BCUT2D eigenvalue weighted by Gasteiger charge is 2.28. The number of nitrogens with one attached hydrogen (secondary N) is 1. The second-order valence-corrected chi connectivity index (χ2v) is 4.42. The molecule has 0 aromatic heterocycles. The smallest absolute Gasteiger partial charge is 0.306 e. The fourth-order valence-electron chi connectivity index (χ4n) is 2.07. The molecule has 0 bridgehead atoms. The lowest BCUT2D eigenvalue weighted by atomic mass is 9.85. The number of carbonyl (C=O) groups excluding carboxylic acids is 1. The molecule has 3 atom stereocenters. The molecule has 0 radical (unpaired) electrons. The Morgan fingerprint density at radius 2 is 2.24 bits per heavy atom. The Labute approximate surface area is 101 Å². The van der Waals surface area contributed by atoms with Crippen LogP contribution in [0.25, 0.3) is 0 Å². The highest BCUT2D eigenvalue weighted by molar-refractivity contribution is 5.82. The number of terminal acetylenes is 1. The molecule has 1 fully saturated rings. The van der Waals surface area contributed by atoms with Gasteiger partial charge in [0.25, 0.3) is 0 Å². The number of aliphatic carboxylic acids is 1. The predicted molar refractivity (Wildman–Crippen MR) is 62.9 cm³/mol. The lowest BCUT2D eigenvalue weighted by Gasteiger charge is -2.28. The zero-order valence-electron chi connectivity index (χ0n) is 9.69. The molecule has 1 aliphatic rings. The van der Waals surface area contributed by atoms with Gasteiger partial charge in [-0.1, -0.05) is 6.42 Å². The number of amides is 1. The minimum Gasteiger partial charge on any atom is -0.481 e. The fourth-order valence-corrected chi connectivity index (χ4v) is 2.07. The Balaban J connectivity index is 2.44. The Bertz CT molecular complexity index is 335. The molecule has 0 heterocycles. The average Bonchev–Trinajstić information content (AvgIpc) is 2.29. The van der Waals surface area contributed by atoms with Crippen molar-refractivity contribution in [1.82, 2.24) is 5.32 Å². The van der Waals surface area contributed by atoms with Crippen LogP contribution >= 0.6 is 0 Å². The summed E-state index contributed by atoms with van der Waals surface area (Å²) in [5, 5.41) is 11.7. The van der Waals surface area contributed by atoms with Gasteiger partial charge in [0, 0.05) is 12.5 Å². The summed E-state index contributed by atoms with van der Waals surface area (Å²) in [7, 11) is 0. The molecule has 4 N–H and O–H groups in total. The van der Waals surface area contributed by atoms with Gasteiger partial charge in [0.1, 0.15) is 0 Å². The third kappa shape index (κ3) is 4.08. The van der Waals surface area contributed by atoms with Crippen LogP contribution in [0.1, 0.15) is 32.1 Å². The predicted octanol–water partition coefficient (Wildman–Crippen LogP) is 0.0966. The van der Waals surface area contributed by atoms with Gasteiger partial charge in [0.2, 0.25) is 5.91 Å². The van der Waals surface area contributed by atoms with Crippen LogP contribution < -0.4 is 11.1 Å². The third-order valence-electron chi connectivity index (χ3n) is 3.04. The van der Waals surface area contributed by atoms with E-state index in [-0.39, 0.29) is 24.3 Å². The summed E-state index contributed by atoms with van der Waals surface area (Å²) in [4.78, 5) is 22.5. The van der Waals surface area contributed by atoms with Crippen molar-refractivity contribution in [2.24, 2.45) is 11.7 Å². The molecule has 3 unspecified atom stereocenters. The van der Waals surface area contributed by atoms with Crippen molar-refractivity contribution >= 4 is 11.9 Å². The Hall–Kier alpha value is -1.54. The number of carbonyl (C=O) groups is 2. The first-order chi connectivity index (χ1) is 8.04. The molecule has 1 saturated carbocycles. The minimum atomic E-state index is -0.795. The zero-order chi connectivity index (χ0) is 12.8. The first kappa shape index (κ1) is 13.5. The van der Waals surface area contributed by atoms with Crippen LogP contribution in [-0.4, -0.2) is 29.1 Å². The van der Waals surface area contributed by atoms with Crippen LogP contribution in [0.2, 0.25) is 0 Å². The molecule has 5 nitrogen and oxygen atoms in total. The highest BCUT2D eigenvalue weighted by atomic mass is 16.4. The number of rotatable bonds is 4. The van der Waals surface area contributed by atoms with Crippen molar-refractivity contribution in [3.8, 4) is 12.3 Å². The summed E-state index contributed by atoms with van der Waals surface area (Å²) >= 11 is 0. The lowest BCUT2D eigenvalue weighted by Crippen LogP contribution is -2.47. The van der Waals surface area contributed by atoms with Gasteiger partial charge in [0.05, 0.1) is 12.0 Å². The molecule has 0 spiro atoms. The summed E-state index contributed by atoms with van der Waals surface area (Å²) < 4.78 is 0. The molecule has 17 heavy (non-hydrogen) atoms. The Morgan fingerprint density at radius 3 is 2.82 bits per heavy atom. The van der Waals surface area contributed by atoms with Crippen LogP contribution in [0.5, 0.6) is 0 Å². The third-order valence-corrected chi connectivity index (χ3v) is 3.04. The summed E-state index contributed by atoms with van der Waals surface area (Å²) in [6, 6.07) is -0.800. The van der Waals surface area contributed by atoms with Gasteiger partial charge < -0.3 is 16.2 Å². The molecule has 1 aliphatic carbocycles. The Kier molecular flexibility index (Phi) is 4.98.